The van der Waals surface area contributed by atoms with Crippen LogP contribution in [-0.2, 0) is 4.74 Å². The molecule has 182 valence electrons. The van der Waals surface area contributed by atoms with Crippen LogP contribution in [0, 0.1) is 0 Å². The van der Waals surface area contributed by atoms with Gasteiger partial charge in [-0.25, -0.2) is 15.0 Å². The van der Waals surface area contributed by atoms with Crippen molar-refractivity contribution in [1.29, 1.82) is 0 Å². The molecular formula is C26H24ClN7O2. The number of hydrogen-bond donors (Lipinski definition) is 3. The fourth-order valence-corrected chi connectivity index (χ4v) is 4.60. The van der Waals surface area contributed by atoms with Crippen LogP contribution in [0.4, 0.5) is 17.2 Å². The van der Waals surface area contributed by atoms with E-state index >= 15 is 0 Å². The third-order valence-corrected chi connectivity index (χ3v) is 6.58. The van der Waals surface area contributed by atoms with E-state index in [1.54, 1.807) is 30.6 Å². The van der Waals surface area contributed by atoms with E-state index in [4.69, 9.17) is 21.1 Å². The lowest BCUT2D eigenvalue weighted by Crippen LogP contribution is -2.45. The van der Waals surface area contributed by atoms with Gasteiger partial charge in [-0.15, -0.1) is 0 Å². The van der Waals surface area contributed by atoms with E-state index in [0.29, 0.717) is 34.9 Å². The van der Waals surface area contributed by atoms with E-state index in [-0.39, 0.29) is 5.60 Å². The van der Waals surface area contributed by atoms with Crippen LogP contribution in [0.15, 0.2) is 72.2 Å². The number of amidine groups is 1. The van der Waals surface area contributed by atoms with Gasteiger partial charge >= 0.3 is 0 Å². The molecule has 1 spiro atoms. The largest absolute Gasteiger partial charge is 0.456 e. The maximum atomic E-state index is 6.49. The number of ether oxygens (including phenoxy) is 2. The van der Waals surface area contributed by atoms with Crippen molar-refractivity contribution < 1.29 is 9.47 Å². The molecule has 0 radical (unpaired) electrons. The van der Waals surface area contributed by atoms with E-state index in [1.807, 2.05) is 30.3 Å². The Morgan fingerprint density at radius 2 is 1.86 bits per heavy atom. The smallest absolute Gasteiger partial charge is 0.289 e. The second-order valence-corrected chi connectivity index (χ2v) is 9.20. The van der Waals surface area contributed by atoms with Crippen molar-refractivity contribution in [2.45, 2.75) is 18.4 Å². The summed E-state index contributed by atoms with van der Waals surface area (Å²) >= 11 is 6.49. The van der Waals surface area contributed by atoms with Gasteiger partial charge in [0.15, 0.2) is 0 Å². The van der Waals surface area contributed by atoms with Crippen molar-refractivity contribution in [3.8, 4) is 11.5 Å². The first-order chi connectivity index (χ1) is 17.7. The summed E-state index contributed by atoms with van der Waals surface area (Å²) in [5.74, 6) is 1.81. The number of nitrogens with one attached hydrogen (secondary N) is 3. The van der Waals surface area contributed by atoms with Crippen molar-refractivity contribution in [2.24, 2.45) is 4.99 Å². The zero-order valence-electron chi connectivity index (χ0n) is 19.4. The minimum Gasteiger partial charge on any atom is -0.456 e. The molecule has 2 aliphatic rings. The zero-order chi connectivity index (χ0) is 24.4. The Labute approximate surface area is 213 Å². The first-order valence-corrected chi connectivity index (χ1v) is 12.1. The maximum absolute atomic E-state index is 6.49. The number of piperidine rings is 1. The molecular weight excluding hydrogens is 478 g/mol. The molecule has 3 N–H and O–H groups in total. The predicted octanol–water partition coefficient (Wildman–Crippen LogP) is 5.13. The van der Waals surface area contributed by atoms with Crippen molar-refractivity contribution in [1.82, 2.24) is 20.3 Å². The Morgan fingerprint density at radius 3 is 2.69 bits per heavy atom. The lowest BCUT2D eigenvalue weighted by molar-refractivity contribution is 0.0537. The molecule has 2 aliphatic heterocycles. The average molecular weight is 502 g/mol. The van der Waals surface area contributed by atoms with Crippen LogP contribution in [-0.4, -0.2) is 46.2 Å². The van der Waals surface area contributed by atoms with E-state index in [0.717, 1.165) is 48.2 Å². The lowest BCUT2D eigenvalue weighted by Gasteiger charge is -2.32. The number of anilines is 3. The second-order valence-electron chi connectivity index (χ2n) is 8.80. The van der Waals surface area contributed by atoms with Gasteiger partial charge in [-0.2, -0.15) is 0 Å². The Bertz CT molecular complexity index is 1420. The predicted molar refractivity (Wildman–Crippen MR) is 140 cm³/mol. The summed E-state index contributed by atoms with van der Waals surface area (Å²) in [4.78, 5) is 17.5. The number of fused-ring (bicyclic) bond motifs is 1. The highest BCUT2D eigenvalue weighted by Crippen LogP contribution is 2.34. The molecule has 6 rings (SSSR count). The molecule has 0 amide bonds. The molecule has 2 aromatic heterocycles. The van der Waals surface area contributed by atoms with Crippen molar-refractivity contribution >= 4 is 45.7 Å². The molecule has 0 saturated carbocycles. The van der Waals surface area contributed by atoms with Crippen LogP contribution in [0.3, 0.4) is 0 Å². The fraction of sp³-hybridized carbons (Fsp3) is 0.231. The van der Waals surface area contributed by atoms with Gasteiger partial charge in [-0.05, 0) is 61.6 Å². The quantitative estimate of drug-likeness (QED) is 0.345. The van der Waals surface area contributed by atoms with Gasteiger partial charge in [-0.1, -0.05) is 11.6 Å². The molecule has 1 saturated heterocycles. The molecule has 0 aliphatic carbocycles. The summed E-state index contributed by atoms with van der Waals surface area (Å²) in [6.07, 6.45) is 6.76. The van der Waals surface area contributed by atoms with Crippen LogP contribution in [0.5, 0.6) is 11.5 Å². The first-order valence-electron chi connectivity index (χ1n) is 11.8. The summed E-state index contributed by atoms with van der Waals surface area (Å²) < 4.78 is 12.0. The Kier molecular flexibility index (Phi) is 6.00. The highest BCUT2D eigenvalue weighted by atomic mass is 35.5. The van der Waals surface area contributed by atoms with Crippen LogP contribution >= 0.6 is 11.6 Å². The van der Waals surface area contributed by atoms with Gasteiger partial charge in [0.05, 0.1) is 23.3 Å². The topological polar surface area (TPSA) is 106 Å². The minimum atomic E-state index is -0.188. The Morgan fingerprint density at radius 1 is 1.00 bits per heavy atom. The van der Waals surface area contributed by atoms with Crippen molar-refractivity contribution in [3.63, 3.8) is 0 Å². The molecule has 0 bridgehead atoms. The summed E-state index contributed by atoms with van der Waals surface area (Å²) in [5.41, 5.74) is 2.24. The molecule has 4 aromatic rings. The molecule has 9 nitrogen and oxygen atoms in total. The third-order valence-electron chi connectivity index (χ3n) is 6.28. The zero-order valence-corrected chi connectivity index (χ0v) is 20.1. The number of nitrogens with zero attached hydrogens (tertiary/aromatic N) is 4. The molecule has 2 aromatic carbocycles. The average Bonchev–Trinajstić information content (AvgIpc) is 3.28. The van der Waals surface area contributed by atoms with E-state index < -0.39 is 0 Å². The van der Waals surface area contributed by atoms with E-state index in [2.05, 4.69) is 35.9 Å². The van der Waals surface area contributed by atoms with Gasteiger partial charge in [0.1, 0.15) is 29.2 Å². The molecule has 4 heterocycles. The number of benzene rings is 2. The highest BCUT2D eigenvalue weighted by Gasteiger charge is 2.39. The van der Waals surface area contributed by atoms with Gasteiger partial charge in [0.2, 0.25) is 0 Å². The van der Waals surface area contributed by atoms with Gasteiger partial charge in [0.25, 0.3) is 6.02 Å². The molecule has 0 unspecified atom stereocenters. The molecule has 10 heteroatoms. The van der Waals surface area contributed by atoms with Crippen LogP contribution in [0.1, 0.15) is 12.8 Å². The normalized spacial score (nSPS) is 16.4. The summed E-state index contributed by atoms with van der Waals surface area (Å²) in [6.45, 7) is 2.58. The van der Waals surface area contributed by atoms with Crippen LogP contribution in [0.2, 0.25) is 5.02 Å². The standard InChI is InChI=1S/C26H24ClN7O2/c27-21-13-18(4-6-23(21)35-19-2-1-9-29-14-19)33-24-20-12-17(3-5-22(20)31-16-32-24)34-25-30-15-26(36-25)7-10-28-11-8-26/h1-6,9,12-14,16,28H,7-8,10-11,15H2,(H,30,34)(H,31,32,33). The first kappa shape index (κ1) is 22.5. The lowest BCUT2D eigenvalue weighted by atomic mass is 9.93. The van der Waals surface area contributed by atoms with Crippen molar-refractivity contribution in [3.05, 3.63) is 72.3 Å². The van der Waals surface area contributed by atoms with Gasteiger partial charge in [-0.3, -0.25) is 4.98 Å². The SMILES string of the molecule is Clc1cc(Nc2ncnc3ccc(NC4=NCC5(CCNCC5)O4)cc23)ccc1Oc1cccnc1. The summed E-state index contributed by atoms with van der Waals surface area (Å²) in [7, 11) is 0. The number of pyridine rings is 1. The third kappa shape index (κ3) is 4.75. The summed E-state index contributed by atoms with van der Waals surface area (Å²) in [6, 6.07) is 15.5. The Balaban J connectivity index is 1.20. The number of rotatable bonds is 5. The summed E-state index contributed by atoms with van der Waals surface area (Å²) in [5, 5.41) is 11.4. The van der Waals surface area contributed by atoms with Crippen LogP contribution < -0.4 is 20.7 Å². The van der Waals surface area contributed by atoms with Gasteiger partial charge in [0, 0.05) is 35.8 Å². The van der Waals surface area contributed by atoms with Crippen molar-refractivity contribution in [2.75, 3.05) is 30.3 Å². The molecule has 1 fully saturated rings. The van der Waals surface area contributed by atoms with E-state index in [9.17, 15) is 0 Å². The second kappa shape index (κ2) is 9.60. The molecule has 0 atom stereocenters. The Hall–Kier alpha value is -3.95. The molecule has 36 heavy (non-hydrogen) atoms. The fourth-order valence-electron chi connectivity index (χ4n) is 4.38. The monoisotopic (exact) mass is 501 g/mol. The number of aromatic nitrogens is 3. The van der Waals surface area contributed by atoms with Crippen LogP contribution in [0.25, 0.3) is 10.9 Å². The highest BCUT2D eigenvalue weighted by molar-refractivity contribution is 6.32. The maximum Gasteiger partial charge on any atom is 0.289 e. The van der Waals surface area contributed by atoms with E-state index in [1.165, 1.54) is 6.33 Å². The van der Waals surface area contributed by atoms with Gasteiger partial charge < -0.3 is 25.4 Å². The number of halogens is 1. The minimum absolute atomic E-state index is 0.188. The number of hydrogen-bond acceptors (Lipinski definition) is 9. The number of aliphatic imine (C=N–C) groups is 1.